The van der Waals surface area contributed by atoms with Gasteiger partial charge in [-0.2, -0.15) is 5.10 Å². The molecule has 1 aromatic carbocycles. The molecule has 1 aliphatic heterocycles. The van der Waals surface area contributed by atoms with Crippen LogP contribution in [-0.4, -0.2) is 36.5 Å². The van der Waals surface area contributed by atoms with Gasteiger partial charge in [0.1, 0.15) is 0 Å². The molecular weight excluding hydrogens is 401 g/mol. The Morgan fingerprint density at radius 2 is 1.96 bits per heavy atom. The second kappa shape index (κ2) is 9.07. The number of thioether (sulfide) groups is 1. The molecule has 7 nitrogen and oxygen atoms in total. The van der Waals surface area contributed by atoms with E-state index in [0.29, 0.717) is 21.4 Å². The molecular formula is C16H15Cl2N3O4S. The van der Waals surface area contributed by atoms with Crippen LogP contribution in [0.15, 0.2) is 33.3 Å². The molecule has 0 saturated carbocycles. The van der Waals surface area contributed by atoms with Crippen LogP contribution in [0.4, 0.5) is 0 Å². The maximum Gasteiger partial charge on any atom is 0.331 e. The number of rotatable bonds is 5. The topological polar surface area (TPSA) is 89.3 Å². The van der Waals surface area contributed by atoms with Crippen molar-refractivity contribution in [3.63, 3.8) is 0 Å². The average molecular weight is 416 g/mol. The second-order valence-electron chi connectivity index (χ2n) is 5.22. The third-order valence-electron chi connectivity index (χ3n) is 2.83. The van der Waals surface area contributed by atoms with Crippen molar-refractivity contribution >= 4 is 58.2 Å². The fraction of sp³-hybridized carbons (Fsp3) is 0.250. The Labute approximate surface area is 164 Å². The Hall–Kier alpha value is -2.03. The Balaban J connectivity index is 2.11. The molecule has 0 aromatic heterocycles. The number of methoxy groups -OCH3 is 1. The van der Waals surface area contributed by atoms with Crippen LogP contribution in [0, 0.1) is 0 Å². The molecule has 0 aliphatic carbocycles. The summed E-state index contributed by atoms with van der Waals surface area (Å²) in [5.41, 5.74) is 0.611. The van der Waals surface area contributed by atoms with Crippen LogP contribution < -0.4 is 10.1 Å². The van der Waals surface area contributed by atoms with Crippen LogP contribution in [0.1, 0.15) is 19.4 Å². The van der Waals surface area contributed by atoms with Crippen molar-refractivity contribution in [2.45, 2.75) is 20.0 Å². The first kappa shape index (κ1) is 20.3. The van der Waals surface area contributed by atoms with Gasteiger partial charge < -0.3 is 9.47 Å². The minimum Gasteiger partial charge on any atom is -0.488 e. The molecule has 138 valence electrons. The summed E-state index contributed by atoms with van der Waals surface area (Å²) in [4.78, 5) is 23.0. The molecule has 0 spiro atoms. The van der Waals surface area contributed by atoms with Gasteiger partial charge in [0.2, 0.25) is 0 Å². The Morgan fingerprint density at radius 3 is 2.54 bits per heavy atom. The number of halogens is 2. The molecule has 1 N–H and O–H groups in total. The van der Waals surface area contributed by atoms with E-state index < -0.39 is 11.9 Å². The minimum atomic E-state index is -0.625. The number of carbonyl (C=O) groups is 2. The maximum absolute atomic E-state index is 11.7. The molecule has 1 amide bonds. The summed E-state index contributed by atoms with van der Waals surface area (Å²) in [6, 6.07) is 3.27. The van der Waals surface area contributed by atoms with Gasteiger partial charge in [0.05, 0.1) is 34.4 Å². The number of ether oxygens (including phenoxy) is 2. The summed E-state index contributed by atoms with van der Waals surface area (Å²) >= 11 is 13.3. The Kier molecular flexibility index (Phi) is 7.07. The van der Waals surface area contributed by atoms with Crippen molar-refractivity contribution < 1.29 is 19.1 Å². The van der Waals surface area contributed by atoms with E-state index in [2.05, 4.69) is 20.3 Å². The summed E-state index contributed by atoms with van der Waals surface area (Å²) in [6.07, 6.45) is 2.45. The summed E-state index contributed by atoms with van der Waals surface area (Å²) in [5, 5.41) is 11.2. The average Bonchev–Trinajstić information content (AvgIpc) is 2.90. The lowest BCUT2D eigenvalue weighted by Gasteiger charge is -2.13. The van der Waals surface area contributed by atoms with Gasteiger partial charge in [0, 0.05) is 6.08 Å². The zero-order valence-corrected chi connectivity index (χ0v) is 16.4. The van der Waals surface area contributed by atoms with Crippen LogP contribution >= 0.6 is 35.0 Å². The van der Waals surface area contributed by atoms with Gasteiger partial charge >= 0.3 is 5.97 Å². The zero-order valence-electron chi connectivity index (χ0n) is 14.1. The number of amides is 1. The first-order valence-corrected chi connectivity index (χ1v) is 8.93. The molecule has 1 fully saturated rings. The smallest absolute Gasteiger partial charge is 0.331 e. The van der Waals surface area contributed by atoms with Gasteiger partial charge in [-0.1, -0.05) is 23.2 Å². The zero-order chi connectivity index (χ0) is 19.3. The lowest BCUT2D eigenvalue weighted by atomic mass is 10.2. The number of hydrogen-bond acceptors (Lipinski definition) is 7. The summed E-state index contributed by atoms with van der Waals surface area (Å²) in [5.74, 6) is -0.668. The van der Waals surface area contributed by atoms with Gasteiger partial charge in [-0.05, 0) is 43.3 Å². The van der Waals surface area contributed by atoms with Crippen LogP contribution in [0.3, 0.4) is 0 Å². The summed E-state index contributed by atoms with van der Waals surface area (Å²) in [6.45, 7) is 3.74. The quantitative estimate of drug-likeness (QED) is 0.344. The molecule has 0 bridgehead atoms. The van der Waals surface area contributed by atoms with Crippen LogP contribution in [0.2, 0.25) is 10.0 Å². The van der Waals surface area contributed by atoms with E-state index in [1.807, 2.05) is 13.8 Å². The SMILES string of the molecule is COC(=O)/C=C1/S/C(=N\N=Cc2cc(Cl)c(OC(C)C)c(Cl)c2)NC1=O. The van der Waals surface area contributed by atoms with Crippen LogP contribution in [0.25, 0.3) is 0 Å². The normalized spacial score (nSPS) is 17.4. The molecule has 1 saturated heterocycles. The third kappa shape index (κ3) is 5.48. The van der Waals surface area contributed by atoms with E-state index in [-0.39, 0.29) is 16.2 Å². The largest absolute Gasteiger partial charge is 0.488 e. The van der Waals surface area contributed by atoms with Gasteiger partial charge in [-0.15, -0.1) is 5.10 Å². The highest BCUT2D eigenvalue weighted by Gasteiger charge is 2.25. The van der Waals surface area contributed by atoms with Crippen LogP contribution in [0.5, 0.6) is 5.75 Å². The van der Waals surface area contributed by atoms with Crippen molar-refractivity contribution in [2.75, 3.05) is 7.11 Å². The van der Waals surface area contributed by atoms with Crippen molar-refractivity contribution in [2.24, 2.45) is 10.2 Å². The lowest BCUT2D eigenvalue weighted by molar-refractivity contribution is -0.135. The lowest BCUT2D eigenvalue weighted by Crippen LogP contribution is -2.19. The number of hydrogen-bond donors (Lipinski definition) is 1. The number of nitrogens with zero attached hydrogens (tertiary/aromatic N) is 2. The number of amidine groups is 1. The van der Waals surface area contributed by atoms with Gasteiger partial charge in [0.15, 0.2) is 10.9 Å². The van der Waals surface area contributed by atoms with Gasteiger partial charge in [-0.25, -0.2) is 4.79 Å². The minimum absolute atomic E-state index is 0.0637. The monoisotopic (exact) mass is 415 g/mol. The van der Waals surface area contributed by atoms with Crippen LogP contribution in [-0.2, 0) is 14.3 Å². The van der Waals surface area contributed by atoms with Crippen molar-refractivity contribution in [1.29, 1.82) is 0 Å². The predicted molar refractivity (Wildman–Crippen MR) is 103 cm³/mol. The molecule has 0 radical (unpaired) electrons. The predicted octanol–water partition coefficient (Wildman–Crippen LogP) is 3.39. The number of nitrogens with one attached hydrogen (secondary N) is 1. The Bertz CT molecular complexity index is 799. The van der Waals surface area contributed by atoms with Crippen molar-refractivity contribution in [3.8, 4) is 5.75 Å². The number of benzene rings is 1. The number of carbonyl (C=O) groups excluding carboxylic acids is 2. The first-order valence-electron chi connectivity index (χ1n) is 7.35. The van der Waals surface area contributed by atoms with E-state index in [1.165, 1.54) is 13.3 Å². The molecule has 10 heteroatoms. The fourth-order valence-corrected chi connectivity index (χ4v) is 3.12. The van der Waals surface area contributed by atoms with Gasteiger partial charge in [-0.3, -0.25) is 10.1 Å². The maximum atomic E-state index is 11.7. The Morgan fingerprint density at radius 1 is 1.31 bits per heavy atom. The first-order chi connectivity index (χ1) is 12.3. The third-order valence-corrected chi connectivity index (χ3v) is 4.29. The van der Waals surface area contributed by atoms with E-state index in [0.717, 1.165) is 17.8 Å². The summed E-state index contributed by atoms with van der Waals surface area (Å²) in [7, 11) is 1.23. The number of esters is 1. The van der Waals surface area contributed by atoms with Crippen molar-refractivity contribution in [1.82, 2.24) is 5.32 Å². The standard InChI is InChI=1S/C16H15Cl2N3O4S/c1-8(2)25-14-10(17)4-9(5-11(14)18)7-19-21-16-20-15(23)12(26-16)6-13(22)24-3/h4-8H,1-3H3,(H,20,21,23)/b12-6+,19-7?. The summed E-state index contributed by atoms with van der Waals surface area (Å²) < 4.78 is 10.0. The van der Waals surface area contributed by atoms with E-state index >= 15 is 0 Å². The molecule has 0 unspecified atom stereocenters. The molecule has 0 atom stereocenters. The highest BCUT2D eigenvalue weighted by atomic mass is 35.5. The molecule has 1 aromatic rings. The highest BCUT2D eigenvalue weighted by Crippen LogP contribution is 2.34. The van der Waals surface area contributed by atoms with E-state index in [1.54, 1.807) is 12.1 Å². The second-order valence-corrected chi connectivity index (χ2v) is 7.06. The fourth-order valence-electron chi connectivity index (χ4n) is 1.79. The van der Waals surface area contributed by atoms with E-state index in [9.17, 15) is 9.59 Å². The highest BCUT2D eigenvalue weighted by molar-refractivity contribution is 8.18. The van der Waals surface area contributed by atoms with E-state index in [4.69, 9.17) is 27.9 Å². The molecule has 26 heavy (non-hydrogen) atoms. The van der Waals surface area contributed by atoms with Gasteiger partial charge in [0.25, 0.3) is 5.91 Å². The molecule has 2 rings (SSSR count). The molecule has 1 aliphatic rings. The molecule has 1 heterocycles. The van der Waals surface area contributed by atoms with Crippen molar-refractivity contribution in [3.05, 3.63) is 38.7 Å².